The molecule has 0 heterocycles. The Labute approximate surface area is 157 Å². The minimum atomic E-state index is -0.910. The van der Waals surface area contributed by atoms with Gasteiger partial charge in [-0.15, -0.1) is 0 Å². The molecule has 0 amide bonds. The van der Waals surface area contributed by atoms with Gasteiger partial charge in [-0.05, 0) is 68.6 Å². The average Bonchev–Trinajstić information content (AvgIpc) is 2.58. The zero-order valence-electron chi connectivity index (χ0n) is 16.3. The molecule has 0 saturated heterocycles. The maximum Gasteiger partial charge on any atom is 0.338 e. The fourth-order valence-electron chi connectivity index (χ4n) is 3.87. The number of esters is 1. The SMILES string of the molecule is C=C1CCCC(C)(C)C1CCC(C)(O)/C=C/COC(=O)c1ccccc1. The molecule has 1 N–H and O–H groups in total. The van der Waals surface area contributed by atoms with Crippen LogP contribution in [0.4, 0.5) is 0 Å². The molecule has 0 aromatic heterocycles. The number of hydrogen-bond donors (Lipinski definition) is 1. The number of hydrogen-bond acceptors (Lipinski definition) is 3. The van der Waals surface area contributed by atoms with E-state index < -0.39 is 5.60 Å². The van der Waals surface area contributed by atoms with Crippen LogP contribution < -0.4 is 0 Å². The minimum absolute atomic E-state index is 0.158. The lowest BCUT2D eigenvalue weighted by Crippen LogP contribution is -2.32. The molecule has 3 nitrogen and oxygen atoms in total. The topological polar surface area (TPSA) is 46.5 Å². The second-order valence-corrected chi connectivity index (χ2v) is 8.32. The Morgan fingerprint density at radius 1 is 1.38 bits per heavy atom. The first-order valence-electron chi connectivity index (χ1n) is 9.51. The minimum Gasteiger partial charge on any atom is -0.458 e. The lowest BCUT2D eigenvalue weighted by Gasteiger charge is -2.41. The van der Waals surface area contributed by atoms with Crippen LogP contribution in [-0.4, -0.2) is 23.3 Å². The first-order valence-corrected chi connectivity index (χ1v) is 9.51. The molecule has 0 aliphatic heterocycles. The van der Waals surface area contributed by atoms with Gasteiger partial charge >= 0.3 is 5.97 Å². The molecular formula is C23H32O3. The monoisotopic (exact) mass is 356 g/mol. The van der Waals surface area contributed by atoms with Crippen LogP contribution in [0.15, 0.2) is 54.6 Å². The first-order chi connectivity index (χ1) is 12.2. The van der Waals surface area contributed by atoms with Crippen molar-refractivity contribution in [3.63, 3.8) is 0 Å². The Hall–Kier alpha value is -1.87. The highest BCUT2D eigenvalue weighted by Gasteiger charge is 2.35. The van der Waals surface area contributed by atoms with Crippen LogP contribution in [0.2, 0.25) is 0 Å². The van der Waals surface area contributed by atoms with Crippen LogP contribution in [-0.2, 0) is 4.74 Å². The van der Waals surface area contributed by atoms with Crippen LogP contribution in [0.25, 0.3) is 0 Å². The molecule has 2 rings (SSSR count). The van der Waals surface area contributed by atoms with E-state index >= 15 is 0 Å². The van der Waals surface area contributed by atoms with Crippen LogP contribution in [0.1, 0.15) is 63.2 Å². The van der Waals surface area contributed by atoms with Gasteiger partial charge in [0, 0.05) is 0 Å². The quantitative estimate of drug-likeness (QED) is 0.532. The Bertz CT molecular complexity index is 641. The summed E-state index contributed by atoms with van der Waals surface area (Å²) in [7, 11) is 0. The molecule has 1 fully saturated rings. The van der Waals surface area contributed by atoms with E-state index in [1.807, 2.05) is 6.07 Å². The molecule has 3 heteroatoms. The van der Waals surface area contributed by atoms with Gasteiger partial charge in [0.1, 0.15) is 6.61 Å². The van der Waals surface area contributed by atoms with E-state index in [4.69, 9.17) is 4.74 Å². The third-order valence-corrected chi connectivity index (χ3v) is 5.49. The molecule has 0 radical (unpaired) electrons. The summed E-state index contributed by atoms with van der Waals surface area (Å²) in [6.07, 6.45) is 8.58. The Kier molecular flexibility index (Phi) is 6.82. The van der Waals surface area contributed by atoms with Crippen molar-refractivity contribution in [3.8, 4) is 0 Å². The Balaban J connectivity index is 1.81. The Morgan fingerprint density at radius 2 is 2.08 bits per heavy atom. The smallest absolute Gasteiger partial charge is 0.338 e. The van der Waals surface area contributed by atoms with Crippen molar-refractivity contribution < 1.29 is 14.6 Å². The number of carbonyl (C=O) groups excluding carboxylic acids is 1. The first kappa shape index (κ1) is 20.4. The zero-order chi connectivity index (χ0) is 19.2. The standard InChI is InChI=1S/C23H32O3/c1-18-10-8-14-22(2,3)20(18)13-16-23(4,25)15-9-17-26-21(24)19-11-6-5-7-12-19/h5-7,9,11-12,15,20,25H,1,8,10,13-14,16-17H2,2-4H3/b15-9+. The van der Waals surface area contributed by atoms with E-state index in [-0.39, 0.29) is 18.0 Å². The van der Waals surface area contributed by atoms with Gasteiger partial charge in [-0.3, -0.25) is 0 Å². The molecule has 1 saturated carbocycles. The highest BCUT2D eigenvalue weighted by molar-refractivity contribution is 5.89. The molecule has 1 aliphatic carbocycles. The lowest BCUT2D eigenvalue weighted by molar-refractivity contribution is 0.0539. The van der Waals surface area contributed by atoms with Crippen molar-refractivity contribution in [1.29, 1.82) is 0 Å². The second-order valence-electron chi connectivity index (χ2n) is 8.32. The highest BCUT2D eigenvalue weighted by Crippen LogP contribution is 2.45. The van der Waals surface area contributed by atoms with Crippen LogP contribution in [0.5, 0.6) is 0 Å². The Morgan fingerprint density at radius 3 is 2.73 bits per heavy atom. The largest absolute Gasteiger partial charge is 0.458 e. The van der Waals surface area contributed by atoms with Crippen molar-refractivity contribution >= 4 is 5.97 Å². The number of aliphatic hydroxyl groups is 1. The third kappa shape index (κ3) is 5.84. The van der Waals surface area contributed by atoms with Crippen molar-refractivity contribution in [3.05, 3.63) is 60.2 Å². The molecule has 1 aromatic carbocycles. The van der Waals surface area contributed by atoms with Crippen molar-refractivity contribution in [1.82, 2.24) is 0 Å². The maximum atomic E-state index is 11.9. The number of ether oxygens (including phenoxy) is 1. The molecule has 2 unspecified atom stereocenters. The predicted molar refractivity (Wildman–Crippen MR) is 106 cm³/mol. The summed E-state index contributed by atoms with van der Waals surface area (Å²) < 4.78 is 5.22. The van der Waals surface area contributed by atoms with E-state index in [0.717, 1.165) is 12.8 Å². The van der Waals surface area contributed by atoms with Gasteiger partial charge in [0.2, 0.25) is 0 Å². The summed E-state index contributed by atoms with van der Waals surface area (Å²) in [6, 6.07) is 8.91. The molecule has 2 atom stereocenters. The van der Waals surface area contributed by atoms with Crippen molar-refractivity contribution in [2.75, 3.05) is 6.61 Å². The lowest BCUT2D eigenvalue weighted by atomic mass is 9.64. The number of rotatable bonds is 7. The summed E-state index contributed by atoms with van der Waals surface area (Å²) in [5, 5.41) is 10.6. The number of benzene rings is 1. The van der Waals surface area contributed by atoms with E-state index in [2.05, 4.69) is 20.4 Å². The van der Waals surface area contributed by atoms with Gasteiger partial charge in [0.25, 0.3) is 0 Å². The summed E-state index contributed by atoms with van der Waals surface area (Å²) in [6.45, 7) is 10.8. The number of allylic oxidation sites excluding steroid dienone is 1. The third-order valence-electron chi connectivity index (χ3n) is 5.49. The highest BCUT2D eigenvalue weighted by atomic mass is 16.5. The predicted octanol–water partition coefficient (Wildman–Crippen LogP) is 5.31. The van der Waals surface area contributed by atoms with Crippen molar-refractivity contribution in [2.45, 2.75) is 58.5 Å². The average molecular weight is 357 g/mol. The summed E-state index contributed by atoms with van der Waals surface area (Å²) in [5.74, 6) is 0.0992. The molecule has 26 heavy (non-hydrogen) atoms. The molecule has 0 spiro atoms. The van der Waals surface area contributed by atoms with Crippen molar-refractivity contribution in [2.24, 2.45) is 11.3 Å². The fraction of sp³-hybridized carbons (Fsp3) is 0.522. The molecule has 0 bridgehead atoms. The van der Waals surface area contributed by atoms with Gasteiger partial charge < -0.3 is 9.84 Å². The van der Waals surface area contributed by atoms with Gasteiger partial charge in [-0.1, -0.05) is 50.3 Å². The summed E-state index contributed by atoms with van der Waals surface area (Å²) >= 11 is 0. The van der Waals surface area contributed by atoms with E-state index in [1.165, 1.54) is 18.4 Å². The second kappa shape index (κ2) is 8.68. The molecule has 1 aromatic rings. The molecule has 1 aliphatic rings. The van der Waals surface area contributed by atoms with Crippen LogP contribution >= 0.6 is 0 Å². The summed E-state index contributed by atoms with van der Waals surface area (Å²) in [4.78, 5) is 11.9. The van der Waals surface area contributed by atoms with Gasteiger partial charge in [-0.2, -0.15) is 0 Å². The van der Waals surface area contributed by atoms with Gasteiger partial charge in [-0.25, -0.2) is 4.79 Å². The zero-order valence-corrected chi connectivity index (χ0v) is 16.3. The van der Waals surface area contributed by atoms with Gasteiger partial charge in [0.15, 0.2) is 0 Å². The van der Waals surface area contributed by atoms with E-state index in [0.29, 0.717) is 17.9 Å². The normalized spacial score (nSPS) is 22.2. The molecule has 142 valence electrons. The van der Waals surface area contributed by atoms with Crippen LogP contribution in [0, 0.1) is 11.3 Å². The fourth-order valence-corrected chi connectivity index (χ4v) is 3.87. The van der Waals surface area contributed by atoms with E-state index in [9.17, 15) is 9.90 Å². The van der Waals surface area contributed by atoms with E-state index in [1.54, 1.807) is 43.3 Å². The maximum absolute atomic E-state index is 11.9. The number of carbonyl (C=O) groups is 1. The van der Waals surface area contributed by atoms with Gasteiger partial charge in [0.05, 0.1) is 11.2 Å². The van der Waals surface area contributed by atoms with Crippen LogP contribution in [0.3, 0.4) is 0 Å². The molecular weight excluding hydrogens is 324 g/mol. The summed E-state index contributed by atoms with van der Waals surface area (Å²) in [5.41, 5.74) is 1.19.